The fourth-order valence-electron chi connectivity index (χ4n) is 4.22. The van der Waals surface area contributed by atoms with Crippen molar-refractivity contribution in [3.8, 4) is 0 Å². The van der Waals surface area contributed by atoms with E-state index in [1.165, 1.54) is 10.4 Å². The van der Waals surface area contributed by atoms with E-state index in [-0.39, 0.29) is 24.4 Å². The first-order valence-electron chi connectivity index (χ1n) is 11.2. The Balaban J connectivity index is 1.54. The smallest absolute Gasteiger partial charge is 0.247 e. The molecule has 170 valence electrons. The lowest BCUT2D eigenvalue weighted by Crippen LogP contribution is -2.46. The minimum absolute atomic E-state index is 0.0401. The standard InChI is InChI=1S/C27H27ClN2O2S/c1-2-16-29(25(31)13-8-20-6-4-3-5-7-20)19-26(32)30-17-14-24-23(15-18-33-24)27(30)21-9-11-22(28)12-10-21/h3-13,15,18,27H,2,14,16-17,19H2,1H3. The number of nitrogens with zero attached hydrogens (tertiary/aromatic N) is 2. The average Bonchev–Trinajstić information content (AvgIpc) is 3.32. The highest BCUT2D eigenvalue weighted by Gasteiger charge is 2.33. The van der Waals surface area contributed by atoms with Crippen LogP contribution >= 0.6 is 22.9 Å². The summed E-state index contributed by atoms with van der Waals surface area (Å²) < 4.78 is 0. The molecular weight excluding hydrogens is 452 g/mol. The Morgan fingerprint density at radius 1 is 1.12 bits per heavy atom. The molecule has 0 aliphatic carbocycles. The third-order valence-electron chi connectivity index (χ3n) is 5.82. The largest absolute Gasteiger partial charge is 0.330 e. The van der Waals surface area contributed by atoms with Crippen molar-refractivity contribution in [1.29, 1.82) is 0 Å². The summed E-state index contributed by atoms with van der Waals surface area (Å²) in [6, 6.07) is 19.3. The van der Waals surface area contributed by atoms with Crippen LogP contribution in [0.15, 0.2) is 72.1 Å². The third-order valence-corrected chi connectivity index (χ3v) is 7.07. The second-order valence-electron chi connectivity index (χ2n) is 8.09. The Kier molecular flexibility index (Phi) is 7.63. The number of thiophene rings is 1. The van der Waals surface area contributed by atoms with Gasteiger partial charge >= 0.3 is 0 Å². The van der Waals surface area contributed by atoms with Gasteiger partial charge in [0.25, 0.3) is 0 Å². The van der Waals surface area contributed by atoms with E-state index in [0.29, 0.717) is 18.1 Å². The maximum absolute atomic E-state index is 13.5. The molecule has 2 aromatic carbocycles. The monoisotopic (exact) mass is 478 g/mol. The lowest BCUT2D eigenvalue weighted by atomic mass is 9.93. The first-order chi connectivity index (χ1) is 16.1. The molecule has 0 saturated heterocycles. The van der Waals surface area contributed by atoms with E-state index in [9.17, 15) is 9.59 Å². The lowest BCUT2D eigenvalue weighted by Gasteiger charge is -2.37. The summed E-state index contributed by atoms with van der Waals surface area (Å²) >= 11 is 7.85. The SMILES string of the molecule is CCCN(CC(=O)N1CCc2sccc2C1c1ccc(Cl)cc1)C(=O)C=Cc1ccccc1. The number of halogens is 1. The van der Waals surface area contributed by atoms with Crippen molar-refractivity contribution in [3.63, 3.8) is 0 Å². The molecule has 1 aliphatic heterocycles. The Labute approximate surface area is 204 Å². The van der Waals surface area contributed by atoms with Crippen LogP contribution in [0, 0.1) is 0 Å². The molecule has 0 fully saturated rings. The summed E-state index contributed by atoms with van der Waals surface area (Å²) in [5.74, 6) is -0.188. The highest BCUT2D eigenvalue weighted by Crippen LogP contribution is 2.38. The molecule has 2 heterocycles. The van der Waals surface area contributed by atoms with Crippen LogP contribution in [-0.4, -0.2) is 41.2 Å². The minimum atomic E-state index is -0.164. The Morgan fingerprint density at radius 2 is 1.88 bits per heavy atom. The number of carbonyl (C=O) groups is 2. The Morgan fingerprint density at radius 3 is 2.61 bits per heavy atom. The molecule has 4 rings (SSSR count). The molecule has 1 aromatic heterocycles. The van der Waals surface area contributed by atoms with Gasteiger partial charge in [0.05, 0.1) is 6.04 Å². The van der Waals surface area contributed by atoms with Crippen LogP contribution in [-0.2, 0) is 16.0 Å². The number of fused-ring (bicyclic) bond motifs is 1. The van der Waals surface area contributed by atoms with Crippen LogP contribution < -0.4 is 0 Å². The van der Waals surface area contributed by atoms with Gasteiger partial charge in [0.2, 0.25) is 11.8 Å². The molecular formula is C27H27ClN2O2S. The second kappa shape index (κ2) is 10.8. The summed E-state index contributed by atoms with van der Waals surface area (Å²) in [6.07, 6.45) is 4.97. The number of amides is 2. The van der Waals surface area contributed by atoms with E-state index >= 15 is 0 Å². The van der Waals surface area contributed by atoms with E-state index in [0.717, 1.165) is 24.0 Å². The molecule has 0 bridgehead atoms. The fraction of sp³-hybridized carbons (Fsp3) is 0.259. The van der Waals surface area contributed by atoms with Gasteiger partial charge in [-0.05, 0) is 59.2 Å². The molecule has 0 saturated carbocycles. The van der Waals surface area contributed by atoms with Crippen molar-refractivity contribution in [2.24, 2.45) is 0 Å². The number of carbonyl (C=O) groups excluding carboxylic acids is 2. The summed E-state index contributed by atoms with van der Waals surface area (Å²) in [7, 11) is 0. The Bertz CT molecular complexity index is 1120. The van der Waals surface area contributed by atoms with Crippen LogP contribution in [0.2, 0.25) is 5.02 Å². The number of benzene rings is 2. The van der Waals surface area contributed by atoms with Gasteiger partial charge < -0.3 is 9.80 Å². The summed E-state index contributed by atoms with van der Waals surface area (Å²) in [5.41, 5.74) is 3.15. The van der Waals surface area contributed by atoms with Crippen LogP contribution in [0.3, 0.4) is 0 Å². The first-order valence-corrected chi connectivity index (χ1v) is 12.5. The van der Waals surface area contributed by atoms with Crippen molar-refractivity contribution in [3.05, 3.63) is 98.7 Å². The van der Waals surface area contributed by atoms with E-state index in [4.69, 9.17) is 11.6 Å². The zero-order valence-electron chi connectivity index (χ0n) is 18.6. The third kappa shape index (κ3) is 5.55. The van der Waals surface area contributed by atoms with Gasteiger partial charge in [0.15, 0.2) is 0 Å². The van der Waals surface area contributed by atoms with Gasteiger partial charge in [0, 0.05) is 29.1 Å². The maximum Gasteiger partial charge on any atom is 0.247 e. The zero-order valence-corrected chi connectivity index (χ0v) is 20.2. The molecule has 1 atom stereocenters. The van der Waals surface area contributed by atoms with Crippen molar-refractivity contribution < 1.29 is 9.59 Å². The molecule has 2 amide bonds. The van der Waals surface area contributed by atoms with Gasteiger partial charge in [-0.25, -0.2) is 0 Å². The quantitative estimate of drug-likeness (QED) is 0.401. The normalized spacial score (nSPS) is 15.5. The van der Waals surface area contributed by atoms with E-state index in [1.807, 2.05) is 66.4 Å². The summed E-state index contributed by atoms with van der Waals surface area (Å²) in [5, 5.41) is 2.76. The number of hydrogen-bond acceptors (Lipinski definition) is 3. The minimum Gasteiger partial charge on any atom is -0.330 e. The number of hydrogen-bond donors (Lipinski definition) is 0. The van der Waals surface area contributed by atoms with Crippen LogP contribution in [0.5, 0.6) is 0 Å². The first kappa shape index (κ1) is 23.3. The Hall–Kier alpha value is -2.89. The molecule has 1 unspecified atom stereocenters. The topological polar surface area (TPSA) is 40.6 Å². The van der Waals surface area contributed by atoms with Crippen molar-refractivity contribution >= 4 is 40.8 Å². The number of rotatable bonds is 7. The van der Waals surface area contributed by atoms with Gasteiger partial charge in [0.1, 0.15) is 6.54 Å². The van der Waals surface area contributed by atoms with Gasteiger partial charge in [-0.15, -0.1) is 11.3 Å². The molecule has 4 nitrogen and oxygen atoms in total. The fourth-order valence-corrected chi connectivity index (χ4v) is 5.25. The van der Waals surface area contributed by atoms with E-state index in [1.54, 1.807) is 28.4 Å². The predicted molar refractivity (Wildman–Crippen MR) is 135 cm³/mol. The molecule has 3 aromatic rings. The summed E-state index contributed by atoms with van der Waals surface area (Å²) in [4.78, 5) is 31.3. The second-order valence-corrected chi connectivity index (χ2v) is 9.53. The van der Waals surface area contributed by atoms with Crippen molar-refractivity contribution in [1.82, 2.24) is 9.80 Å². The maximum atomic E-state index is 13.5. The average molecular weight is 479 g/mol. The van der Waals surface area contributed by atoms with E-state index in [2.05, 4.69) is 11.4 Å². The molecule has 0 N–H and O–H groups in total. The lowest BCUT2D eigenvalue weighted by molar-refractivity contribution is -0.139. The van der Waals surface area contributed by atoms with Crippen LogP contribution in [0.1, 0.15) is 41.0 Å². The van der Waals surface area contributed by atoms with Crippen LogP contribution in [0.25, 0.3) is 6.08 Å². The van der Waals surface area contributed by atoms with Crippen molar-refractivity contribution in [2.45, 2.75) is 25.8 Å². The van der Waals surface area contributed by atoms with Gasteiger partial charge in [-0.1, -0.05) is 61.0 Å². The van der Waals surface area contributed by atoms with Crippen molar-refractivity contribution in [2.75, 3.05) is 19.6 Å². The summed E-state index contributed by atoms with van der Waals surface area (Å²) in [6.45, 7) is 3.25. The molecule has 0 radical (unpaired) electrons. The molecule has 0 spiro atoms. The van der Waals surface area contributed by atoms with Gasteiger partial charge in [-0.2, -0.15) is 0 Å². The zero-order chi connectivity index (χ0) is 23.2. The van der Waals surface area contributed by atoms with Crippen LogP contribution in [0.4, 0.5) is 0 Å². The molecule has 33 heavy (non-hydrogen) atoms. The molecule has 1 aliphatic rings. The predicted octanol–water partition coefficient (Wildman–Crippen LogP) is 5.83. The molecule has 6 heteroatoms. The van der Waals surface area contributed by atoms with Gasteiger partial charge in [-0.3, -0.25) is 9.59 Å². The highest BCUT2D eigenvalue weighted by molar-refractivity contribution is 7.10. The van der Waals surface area contributed by atoms with E-state index < -0.39 is 0 Å². The highest BCUT2D eigenvalue weighted by atomic mass is 35.5.